The third-order valence-electron chi connectivity index (χ3n) is 9.88. The predicted octanol–water partition coefficient (Wildman–Crippen LogP) is 7.83. The highest BCUT2D eigenvalue weighted by atomic mass is 16.5. The SMILES string of the molecule is COc1cccc(-c2cc(C(=O)Nc3ccc(-c4ccc(OC5CCN(C)CC5)cc4OCCCN4C(=O)c5ccccc5C4=O)cc3)ccc2OC)c1. The van der Waals surface area contributed by atoms with Crippen molar-refractivity contribution < 1.29 is 33.3 Å². The summed E-state index contributed by atoms with van der Waals surface area (Å²) in [4.78, 5) is 42.8. The fourth-order valence-corrected chi connectivity index (χ4v) is 6.88. The molecule has 5 aromatic rings. The van der Waals surface area contributed by atoms with E-state index in [1.165, 1.54) is 4.90 Å². The van der Waals surface area contributed by atoms with Crippen LogP contribution in [-0.4, -0.2) is 81.1 Å². The van der Waals surface area contributed by atoms with E-state index in [1.54, 1.807) is 50.6 Å². The summed E-state index contributed by atoms with van der Waals surface area (Å²) in [5, 5.41) is 3.01. The minimum atomic E-state index is -0.277. The standard InChI is InChI=1S/C44H43N3O7/c1-46-23-20-33(21-24-46)54-35-17-18-36(41(28-35)53-25-7-22-47-43(49)37-10-4-5-11-38(37)44(47)50)29-12-15-32(16-13-29)45-42(48)31-14-19-40(52-3)39(27-31)30-8-6-9-34(26-30)51-2/h4-6,8-19,26-28,33H,7,20-25H2,1-3H3,(H,45,48). The highest BCUT2D eigenvalue weighted by molar-refractivity contribution is 6.21. The molecule has 0 aliphatic carbocycles. The number of hydrogen-bond donors (Lipinski definition) is 1. The number of carbonyl (C=O) groups excluding carboxylic acids is 3. The highest BCUT2D eigenvalue weighted by Gasteiger charge is 2.34. The van der Waals surface area contributed by atoms with E-state index in [9.17, 15) is 14.4 Å². The minimum Gasteiger partial charge on any atom is -0.497 e. The Labute approximate surface area is 315 Å². The van der Waals surface area contributed by atoms with E-state index >= 15 is 0 Å². The lowest BCUT2D eigenvalue weighted by molar-refractivity contribution is 0.0646. The Morgan fingerprint density at radius 2 is 1.44 bits per heavy atom. The highest BCUT2D eigenvalue weighted by Crippen LogP contribution is 2.36. The number of nitrogens with zero attached hydrogens (tertiary/aromatic N) is 2. The monoisotopic (exact) mass is 725 g/mol. The number of rotatable bonds is 13. The van der Waals surface area contributed by atoms with Gasteiger partial charge in [0, 0.05) is 48.1 Å². The van der Waals surface area contributed by atoms with Crippen molar-refractivity contribution in [3.05, 3.63) is 126 Å². The molecule has 0 atom stereocenters. The first-order chi connectivity index (χ1) is 26.3. The molecule has 1 fully saturated rings. The summed E-state index contributed by atoms with van der Waals surface area (Å²) >= 11 is 0. The maximum absolute atomic E-state index is 13.4. The molecule has 1 saturated heterocycles. The van der Waals surface area contributed by atoms with E-state index in [1.807, 2.05) is 72.8 Å². The van der Waals surface area contributed by atoms with Gasteiger partial charge in [0.1, 0.15) is 29.1 Å². The lowest BCUT2D eigenvalue weighted by Gasteiger charge is -2.29. The molecule has 5 aromatic carbocycles. The van der Waals surface area contributed by atoms with Gasteiger partial charge in [0.05, 0.1) is 32.0 Å². The van der Waals surface area contributed by atoms with E-state index < -0.39 is 0 Å². The number of hydrogen-bond acceptors (Lipinski definition) is 8. The number of likely N-dealkylation sites (tertiary alicyclic amines) is 1. The van der Waals surface area contributed by atoms with Gasteiger partial charge in [-0.05, 0) is 104 Å². The summed E-state index contributed by atoms with van der Waals surface area (Å²) in [6, 6.07) is 33.3. The maximum atomic E-state index is 13.4. The Morgan fingerprint density at radius 1 is 0.704 bits per heavy atom. The number of fused-ring (bicyclic) bond motifs is 1. The molecular formula is C44H43N3O7. The third kappa shape index (κ3) is 7.94. The van der Waals surface area contributed by atoms with Gasteiger partial charge in [-0.1, -0.05) is 36.4 Å². The zero-order chi connectivity index (χ0) is 37.6. The van der Waals surface area contributed by atoms with Crippen molar-refractivity contribution in [2.24, 2.45) is 0 Å². The van der Waals surface area contributed by atoms with Gasteiger partial charge in [-0.15, -0.1) is 0 Å². The number of methoxy groups -OCH3 is 2. The topological polar surface area (TPSA) is 107 Å². The number of carbonyl (C=O) groups is 3. The Kier molecular flexibility index (Phi) is 10.9. The van der Waals surface area contributed by atoms with E-state index in [2.05, 4.69) is 17.3 Å². The largest absolute Gasteiger partial charge is 0.497 e. The molecule has 2 aliphatic rings. The van der Waals surface area contributed by atoms with Gasteiger partial charge < -0.3 is 29.2 Å². The van der Waals surface area contributed by atoms with Crippen molar-refractivity contribution in [2.45, 2.75) is 25.4 Å². The molecule has 3 amide bonds. The number of nitrogens with one attached hydrogen (secondary N) is 1. The summed E-state index contributed by atoms with van der Waals surface area (Å²) in [7, 11) is 5.34. The average molecular weight is 726 g/mol. The van der Waals surface area contributed by atoms with Crippen LogP contribution in [0.3, 0.4) is 0 Å². The lowest BCUT2D eigenvalue weighted by atomic mass is 10.0. The van der Waals surface area contributed by atoms with Crippen molar-refractivity contribution in [3.8, 4) is 45.3 Å². The van der Waals surface area contributed by atoms with Crippen LogP contribution >= 0.6 is 0 Å². The third-order valence-corrected chi connectivity index (χ3v) is 9.88. The number of benzene rings is 5. The molecule has 1 N–H and O–H groups in total. The van der Waals surface area contributed by atoms with Gasteiger partial charge in [0.15, 0.2) is 0 Å². The van der Waals surface area contributed by atoms with Gasteiger partial charge in [-0.25, -0.2) is 0 Å². The summed E-state index contributed by atoms with van der Waals surface area (Å²) in [5.74, 6) is 1.89. The first-order valence-electron chi connectivity index (χ1n) is 18.1. The molecule has 7 rings (SSSR count). The van der Waals surface area contributed by atoms with Crippen LogP contribution in [0.1, 0.15) is 50.3 Å². The van der Waals surface area contributed by atoms with E-state index in [0.29, 0.717) is 46.0 Å². The molecule has 0 unspecified atom stereocenters. The van der Waals surface area contributed by atoms with Crippen molar-refractivity contribution in [1.29, 1.82) is 0 Å². The quantitative estimate of drug-likeness (QED) is 0.0968. The van der Waals surface area contributed by atoms with Gasteiger partial charge >= 0.3 is 0 Å². The van der Waals surface area contributed by atoms with Gasteiger partial charge in [0.25, 0.3) is 17.7 Å². The van der Waals surface area contributed by atoms with Crippen LogP contribution in [0, 0.1) is 0 Å². The predicted molar refractivity (Wildman–Crippen MR) is 208 cm³/mol. The molecule has 0 aromatic heterocycles. The molecule has 276 valence electrons. The normalized spacial score (nSPS) is 14.5. The average Bonchev–Trinajstić information content (AvgIpc) is 3.45. The van der Waals surface area contributed by atoms with Crippen molar-refractivity contribution in [1.82, 2.24) is 9.80 Å². The van der Waals surface area contributed by atoms with Crippen molar-refractivity contribution >= 4 is 23.4 Å². The summed E-state index contributed by atoms with van der Waals surface area (Å²) in [6.07, 6.45) is 2.47. The Bertz CT molecular complexity index is 2120. The fraction of sp³-hybridized carbons (Fsp3) is 0.250. The van der Waals surface area contributed by atoms with Crippen molar-refractivity contribution in [3.63, 3.8) is 0 Å². The molecule has 0 radical (unpaired) electrons. The maximum Gasteiger partial charge on any atom is 0.261 e. The summed E-state index contributed by atoms with van der Waals surface area (Å²) in [6.45, 7) is 2.49. The van der Waals surface area contributed by atoms with E-state index in [4.69, 9.17) is 18.9 Å². The second kappa shape index (κ2) is 16.3. The van der Waals surface area contributed by atoms with Crippen molar-refractivity contribution in [2.75, 3.05) is 52.8 Å². The van der Waals surface area contributed by atoms with Crippen LogP contribution in [0.2, 0.25) is 0 Å². The van der Waals surface area contributed by atoms with Gasteiger partial charge in [-0.2, -0.15) is 0 Å². The molecule has 2 heterocycles. The summed E-state index contributed by atoms with van der Waals surface area (Å²) in [5.41, 5.74) is 5.37. The second-order valence-corrected chi connectivity index (χ2v) is 13.5. The molecule has 10 nitrogen and oxygen atoms in total. The van der Waals surface area contributed by atoms with Gasteiger partial charge in [-0.3, -0.25) is 19.3 Å². The molecule has 0 bridgehead atoms. The lowest BCUT2D eigenvalue weighted by Crippen LogP contribution is -2.35. The van der Waals surface area contributed by atoms with E-state index in [-0.39, 0.29) is 37.0 Å². The smallest absolute Gasteiger partial charge is 0.261 e. The number of amides is 3. The van der Waals surface area contributed by atoms with Crippen LogP contribution in [0.15, 0.2) is 109 Å². The zero-order valence-corrected chi connectivity index (χ0v) is 30.7. The molecule has 54 heavy (non-hydrogen) atoms. The van der Waals surface area contributed by atoms with Gasteiger partial charge in [0.2, 0.25) is 0 Å². The van der Waals surface area contributed by atoms with Crippen LogP contribution in [-0.2, 0) is 0 Å². The number of anilines is 1. The van der Waals surface area contributed by atoms with E-state index in [0.717, 1.165) is 53.9 Å². The first kappa shape index (κ1) is 36.2. The minimum absolute atomic E-state index is 0.119. The Balaban J connectivity index is 1.06. The molecule has 10 heteroatoms. The van der Waals surface area contributed by atoms with Crippen LogP contribution in [0.5, 0.6) is 23.0 Å². The Hall–Kier alpha value is -6.13. The van der Waals surface area contributed by atoms with Crippen LogP contribution in [0.4, 0.5) is 5.69 Å². The van der Waals surface area contributed by atoms with Crippen LogP contribution in [0.25, 0.3) is 22.3 Å². The molecular weight excluding hydrogens is 682 g/mol. The second-order valence-electron chi connectivity index (χ2n) is 13.5. The molecule has 0 saturated carbocycles. The van der Waals surface area contributed by atoms with Crippen LogP contribution < -0.4 is 24.3 Å². The molecule has 2 aliphatic heterocycles. The summed E-state index contributed by atoms with van der Waals surface area (Å²) < 4.78 is 23.7. The molecule has 0 spiro atoms. The zero-order valence-electron chi connectivity index (χ0n) is 30.7. The number of imide groups is 1. The number of piperidine rings is 1. The fourth-order valence-electron chi connectivity index (χ4n) is 6.88. The Morgan fingerprint density at radius 3 is 2.15 bits per heavy atom. The number of ether oxygens (including phenoxy) is 4. The first-order valence-corrected chi connectivity index (χ1v) is 18.1.